The van der Waals surface area contributed by atoms with Crippen LogP contribution in [0.4, 0.5) is 0 Å². The normalized spacial score (nSPS) is 11.5. The lowest BCUT2D eigenvalue weighted by Crippen LogP contribution is -2.18. The van der Waals surface area contributed by atoms with Crippen LogP contribution in [-0.2, 0) is 10.0 Å². The summed E-state index contributed by atoms with van der Waals surface area (Å²) in [6, 6.07) is 8.10. The summed E-state index contributed by atoms with van der Waals surface area (Å²) in [6.45, 7) is 2.06. The van der Waals surface area contributed by atoms with E-state index in [-0.39, 0.29) is 17.2 Å². The Labute approximate surface area is 118 Å². The summed E-state index contributed by atoms with van der Waals surface area (Å²) in [7, 11) is -1.97. The molecule has 0 bridgehead atoms. The van der Waals surface area contributed by atoms with Crippen molar-refractivity contribution in [3.8, 4) is 0 Å². The van der Waals surface area contributed by atoms with Crippen molar-refractivity contribution in [1.82, 2.24) is 9.29 Å². The van der Waals surface area contributed by atoms with E-state index in [9.17, 15) is 13.2 Å². The molecule has 2 aromatic rings. The number of likely N-dealkylation sites (N-methyl/N-ethyl adjacent to an activating group) is 1. The molecule has 1 aromatic heterocycles. The van der Waals surface area contributed by atoms with E-state index in [2.05, 4.69) is 5.32 Å². The van der Waals surface area contributed by atoms with Gasteiger partial charge in [0.05, 0.1) is 11.4 Å². The molecule has 0 aliphatic rings. The average molecular weight is 292 g/mol. The minimum absolute atomic E-state index is 0.148. The van der Waals surface area contributed by atoms with Crippen molar-refractivity contribution in [1.29, 1.82) is 0 Å². The fourth-order valence-corrected chi connectivity index (χ4v) is 2.98. The largest absolute Gasteiger partial charge is 0.313 e. The molecule has 1 aromatic carbocycles. The van der Waals surface area contributed by atoms with Gasteiger partial charge in [-0.25, -0.2) is 12.4 Å². The fraction of sp³-hybridized carbons (Fsp3) is 0.214. The van der Waals surface area contributed by atoms with Gasteiger partial charge in [-0.3, -0.25) is 4.79 Å². The third-order valence-electron chi connectivity index (χ3n) is 2.92. The Kier molecular flexibility index (Phi) is 4.06. The Bertz CT molecular complexity index is 715. The number of carbonyl (C=O) groups is 1. The van der Waals surface area contributed by atoms with E-state index in [0.29, 0.717) is 5.56 Å². The van der Waals surface area contributed by atoms with Crippen molar-refractivity contribution in [2.75, 3.05) is 13.6 Å². The van der Waals surface area contributed by atoms with Crippen molar-refractivity contribution >= 4 is 15.8 Å². The second-order valence-electron chi connectivity index (χ2n) is 4.50. The van der Waals surface area contributed by atoms with Gasteiger partial charge in [0.1, 0.15) is 0 Å². The first kappa shape index (κ1) is 14.5. The molecule has 0 saturated heterocycles. The second kappa shape index (κ2) is 5.60. The van der Waals surface area contributed by atoms with Crippen LogP contribution in [0.25, 0.3) is 0 Å². The van der Waals surface area contributed by atoms with Gasteiger partial charge in [0.2, 0.25) is 0 Å². The number of aryl methyl sites for hydroxylation is 1. The van der Waals surface area contributed by atoms with Crippen molar-refractivity contribution in [3.63, 3.8) is 0 Å². The second-order valence-corrected chi connectivity index (χ2v) is 6.34. The van der Waals surface area contributed by atoms with Crippen molar-refractivity contribution in [3.05, 3.63) is 53.9 Å². The predicted octanol–water partition coefficient (Wildman–Crippen LogP) is 1.44. The van der Waals surface area contributed by atoms with Gasteiger partial charge in [0, 0.05) is 18.0 Å². The summed E-state index contributed by atoms with van der Waals surface area (Å²) in [5.74, 6) is -0.148. The van der Waals surface area contributed by atoms with E-state index in [1.807, 2.05) is 6.92 Å². The van der Waals surface area contributed by atoms with Gasteiger partial charge in [-0.2, -0.15) is 0 Å². The van der Waals surface area contributed by atoms with Gasteiger partial charge in [-0.05, 0) is 32.2 Å². The summed E-state index contributed by atoms with van der Waals surface area (Å²) in [5.41, 5.74) is 1.36. The quantitative estimate of drug-likeness (QED) is 0.847. The van der Waals surface area contributed by atoms with Crippen LogP contribution in [0.15, 0.2) is 47.6 Å². The minimum Gasteiger partial charge on any atom is -0.313 e. The van der Waals surface area contributed by atoms with Crippen LogP contribution in [0, 0.1) is 6.92 Å². The van der Waals surface area contributed by atoms with Gasteiger partial charge < -0.3 is 5.32 Å². The molecule has 0 spiro atoms. The number of hydrogen-bond donors (Lipinski definition) is 1. The number of benzene rings is 1. The molecule has 0 unspecified atom stereocenters. The van der Waals surface area contributed by atoms with Crippen LogP contribution in [0.1, 0.15) is 15.9 Å². The highest BCUT2D eigenvalue weighted by molar-refractivity contribution is 7.90. The molecule has 20 heavy (non-hydrogen) atoms. The standard InChI is InChI=1S/C14H16N2O3S/c1-11-3-5-13(6-4-11)20(18,19)16-8-7-12(10-16)14(17)9-15-2/h3-8,10,15H,9H2,1-2H3. The minimum atomic E-state index is -3.64. The number of ketones is 1. The summed E-state index contributed by atoms with van der Waals surface area (Å²) in [6.07, 6.45) is 2.73. The highest BCUT2D eigenvalue weighted by Crippen LogP contribution is 2.16. The van der Waals surface area contributed by atoms with Crippen LogP contribution < -0.4 is 5.32 Å². The van der Waals surface area contributed by atoms with Crippen LogP contribution in [0.5, 0.6) is 0 Å². The number of aromatic nitrogens is 1. The zero-order chi connectivity index (χ0) is 14.8. The lowest BCUT2D eigenvalue weighted by atomic mass is 10.2. The Morgan fingerprint density at radius 1 is 1.20 bits per heavy atom. The van der Waals surface area contributed by atoms with Gasteiger partial charge in [0.25, 0.3) is 10.0 Å². The fourth-order valence-electron chi connectivity index (χ4n) is 1.79. The molecular weight excluding hydrogens is 276 g/mol. The maximum Gasteiger partial charge on any atom is 0.267 e. The molecule has 2 rings (SSSR count). The molecular formula is C14H16N2O3S. The predicted molar refractivity (Wildman–Crippen MR) is 76.5 cm³/mol. The monoisotopic (exact) mass is 292 g/mol. The van der Waals surface area contributed by atoms with Crippen LogP contribution in [0.3, 0.4) is 0 Å². The van der Waals surface area contributed by atoms with Crippen molar-refractivity contribution in [2.45, 2.75) is 11.8 Å². The first-order chi connectivity index (χ1) is 9.45. The summed E-state index contributed by atoms with van der Waals surface area (Å²) in [4.78, 5) is 11.9. The topological polar surface area (TPSA) is 68.2 Å². The molecule has 0 radical (unpaired) electrons. The van der Waals surface area contributed by atoms with E-state index in [4.69, 9.17) is 0 Å². The molecule has 5 nitrogen and oxygen atoms in total. The van der Waals surface area contributed by atoms with E-state index in [1.54, 1.807) is 31.3 Å². The molecule has 0 aliphatic carbocycles. The first-order valence-corrected chi connectivity index (χ1v) is 7.57. The Hall–Kier alpha value is -1.92. The molecule has 0 saturated carbocycles. The van der Waals surface area contributed by atoms with Crippen molar-refractivity contribution in [2.24, 2.45) is 0 Å². The zero-order valence-corrected chi connectivity index (χ0v) is 12.1. The molecule has 1 heterocycles. The Balaban J connectivity index is 2.35. The molecule has 0 fully saturated rings. The van der Waals surface area contributed by atoms with Gasteiger partial charge in [0.15, 0.2) is 5.78 Å². The van der Waals surface area contributed by atoms with Crippen LogP contribution in [-0.4, -0.2) is 31.8 Å². The van der Waals surface area contributed by atoms with Crippen molar-refractivity contribution < 1.29 is 13.2 Å². The highest BCUT2D eigenvalue weighted by Gasteiger charge is 2.17. The number of carbonyl (C=O) groups excluding carboxylic acids is 1. The number of rotatable bonds is 5. The highest BCUT2D eigenvalue weighted by atomic mass is 32.2. The van der Waals surface area contributed by atoms with Crippen LogP contribution >= 0.6 is 0 Å². The third-order valence-corrected chi connectivity index (χ3v) is 4.57. The number of nitrogens with zero attached hydrogens (tertiary/aromatic N) is 1. The molecule has 0 amide bonds. The SMILES string of the molecule is CNCC(=O)c1ccn(S(=O)(=O)c2ccc(C)cc2)c1. The van der Waals surface area contributed by atoms with E-state index >= 15 is 0 Å². The maximum absolute atomic E-state index is 12.4. The summed E-state index contributed by atoms with van der Waals surface area (Å²) in [5, 5.41) is 2.74. The molecule has 0 aliphatic heterocycles. The zero-order valence-electron chi connectivity index (χ0n) is 11.3. The lowest BCUT2D eigenvalue weighted by Gasteiger charge is -2.05. The summed E-state index contributed by atoms with van der Waals surface area (Å²) < 4.78 is 25.8. The lowest BCUT2D eigenvalue weighted by molar-refractivity contribution is 0.0993. The Morgan fingerprint density at radius 2 is 1.85 bits per heavy atom. The first-order valence-electron chi connectivity index (χ1n) is 6.13. The smallest absolute Gasteiger partial charge is 0.267 e. The average Bonchev–Trinajstić information content (AvgIpc) is 2.90. The number of hydrogen-bond acceptors (Lipinski definition) is 4. The molecule has 1 N–H and O–H groups in total. The van der Waals surface area contributed by atoms with Gasteiger partial charge in [-0.15, -0.1) is 0 Å². The molecule has 6 heteroatoms. The Morgan fingerprint density at radius 3 is 2.45 bits per heavy atom. The van der Waals surface area contributed by atoms with Crippen LogP contribution in [0.2, 0.25) is 0 Å². The molecule has 106 valence electrons. The summed E-state index contributed by atoms with van der Waals surface area (Å²) >= 11 is 0. The third kappa shape index (κ3) is 2.81. The number of nitrogens with one attached hydrogen (secondary N) is 1. The molecule has 0 atom stereocenters. The maximum atomic E-state index is 12.4. The number of Topliss-reactive ketones (excluding diaryl/α,β-unsaturated/α-hetero) is 1. The van der Waals surface area contributed by atoms with Gasteiger partial charge >= 0.3 is 0 Å². The van der Waals surface area contributed by atoms with E-state index in [0.717, 1.165) is 9.54 Å². The van der Waals surface area contributed by atoms with E-state index in [1.165, 1.54) is 18.5 Å². The van der Waals surface area contributed by atoms with E-state index < -0.39 is 10.0 Å². The van der Waals surface area contributed by atoms with Gasteiger partial charge in [-0.1, -0.05) is 17.7 Å².